The maximum Gasteiger partial charge on any atom is 0.269 e. The molecule has 0 saturated carbocycles. The maximum atomic E-state index is 10.9. The third-order valence-electron chi connectivity index (χ3n) is 7.35. The number of imidazole rings is 1. The summed E-state index contributed by atoms with van der Waals surface area (Å²) in [6.45, 7) is 0.210. The highest BCUT2D eigenvalue weighted by Crippen LogP contribution is 2.38. The van der Waals surface area contributed by atoms with Crippen LogP contribution in [0.4, 0.5) is 5.69 Å². The predicted molar refractivity (Wildman–Crippen MR) is 172 cm³/mol. The first kappa shape index (κ1) is 27.5. The molecule has 7 rings (SSSR count). The molecule has 5 aromatic carbocycles. The molecule has 0 unspecified atom stereocenters. The van der Waals surface area contributed by atoms with Crippen molar-refractivity contribution < 1.29 is 9.66 Å². The summed E-state index contributed by atoms with van der Waals surface area (Å²) >= 11 is 0. The molecule has 0 amide bonds. The fraction of sp³-hybridized carbons (Fsp3) is 0.0278. The number of nitro groups is 1. The van der Waals surface area contributed by atoms with Gasteiger partial charge in [0.1, 0.15) is 23.9 Å². The zero-order valence-corrected chi connectivity index (χ0v) is 24.0. The molecule has 218 valence electrons. The van der Waals surface area contributed by atoms with Crippen LogP contribution in [0.15, 0.2) is 146 Å². The van der Waals surface area contributed by atoms with E-state index >= 15 is 0 Å². The minimum absolute atomic E-state index is 0.0182. The molecule has 0 aliphatic carbocycles. The Morgan fingerprint density at radius 3 is 1.93 bits per heavy atom. The molecule has 0 saturated heterocycles. The number of benzene rings is 5. The van der Waals surface area contributed by atoms with Gasteiger partial charge in [-0.3, -0.25) is 14.7 Å². The van der Waals surface area contributed by atoms with E-state index in [1.807, 2.05) is 78.9 Å². The van der Waals surface area contributed by atoms with Crippen LogP contribution in [-0.4, -0.2) is 29.5 Å². The Morgan fingerprint density at radius 1 is 0.667 bits per heavy atom. The van der Waals surface area contributed by atoms with Gasteiger partial charge in [0.2, 0.25) is 0 Å². The Labute approximate surface area is 258 Å². The first-order valence-electron chi connectivity index (χ1n) is 14.3. The van der Waals surface area contributed by atoms with Gasteiger partial charge in [-0.1, -0.05) is 84.1 Å². The number of rotatable bonds is 9. The van der Waals surface area contributed by atoms with Crippen LogP contribution in [0.5, 0.6) is 5.75 Å². The molecule has 2 heterocycles. The minimum atomic E-state index is -0.435. The number of nitro benzene ring substituents is 1. The fourth-order valence-corrected chi connectivity index (χ4v) is 5.18. The summed E-state index contributed by atoms with van der Waals surface area (Å²) in [6, 6.07) is 44.8. The molecular formula is C36H26N6O3. The van der Waals surface area contributed by atoms with Gasteiger partial charge < -0.3 is 4.74 Å². The third-order valence-corrected chi connectivity index (χ3v) is 7.35. The SMILES string of the molecule is O=[N+]([O-])c1ccc(-n2cc(COc3ccc(-c4nc(-c5ccccc5)c(-c5ccccc5)n4-c4ccccc4)cc3)nn2)cc1. The van der Waals surface area contributed by atoms with Crippen LogP contribution in [0.25, 0.3) is 45.3 Å². The molecule has 45 heavy (non-hydrogen) atoms. The van der Waals surface area contributed by atoms with Crippen molar-refractivity contribution in [3.05, 3.63) is 162 Å². The Kier molecular flexibility index (Phi) is 7.39. The number of para-hydroxylation sites is 1. The van der Waals surface area contributed by atoms with E-state index in [4.69, 9.17) is 9.72 Å². The molecule has 0 aliphatic heterocycles. The van der Waals surface area contributed by atoms with Crippen LogP contribution in [0.2, 0.25) is 0 Å². The van der Waals surface area contributed by atoms with E-state index < -0.39 is 4.92 Å². The summed E-state index contributed by atoms with van der Waals surface area (Å²) in [7, 11) is 0. The molecule has 0 N–H and O–H groups in total. The second-order valence-electron chi connectivity index (χ2n) is 10.3. The average molecular weight is 591 g/mol. The van der Waals surface area contributed by atoms with Crippen molar-refractivity contribution in [3.8, 4) is 51.0 Å². The van der Waals surface area contributed by atoms with Crippen molar-refractivity contribution in [2.45, 2.75) is 6.61 Å². The Hall–Kier alpha value is -6.35. The van der Waals surface area contributed by atoms with Crippen LogP contribution in [-0.2, 0) is 6.61 Å². The van der Waals surface area contributed by atoms with Crippen molar-refractivity contribution in [2.24, 2.45) is 0 Å². The maximum absolute atomic E-state index is 10.9. The van der Waals surface area contributed by atoms with E-state index in [0.29, 0.717) is 17.1 Å². The zero-order valence-electron chi connectivity index (χ0n) is 24.0. The van der Waals surface area contributed by atoms with Gasteiger partial charge in [-0.05, 0) is 48.5 Å². The number of nitrogens with zero attached hydrogens (tertiary/aromatic N) is 6. The van der Waals surface area contributed by atoms with Gasteiger partial charge in [-0.25, -0.2) is 9.67 Å². The number of hydrogen-bond donors (Lipinski definition) is 0. The minimum Gasteiger partial charge on any atom is -0.487 e. The number of ether oxygens (including phenoxy) is 1. The van der Waals surface area contributed by atoms with E-state index in [1.54, 1.807) is 23.0 Å². The van der Waals surface area contributed by atoms with Crippen molar-refractivity contribution in [1.29, 1.82) is 0 Å². The standard InChI is InChI=1S/C36H26N6O3/c43-42(44)32-20-18-30(19-21-32)40-24-29(38-39-40)25-45-33-22-16-28(17-23-33)36-37-34(26-10-4-1-5-11-26)35(27-12-6-2-7-13-27)41(36)31-14-8-3-9-15-31/h1-24H,25H2. The van der Waals surface area contributed by atoms with Crippen LogP contribution in [0.1, 0.15) is 5.69 Å². The lowest BCUT2D eigenvalue weighted by Gasteiger charge is -2.14. The van der Waals surface area contributed by atoms with Gasteiger partial charge in [0.15, 0.2) is 0 Å². The Bertz CT molecular complexity index is 2060. The second kappa shape index (κ2) is 12.1. The lowest BCUT2D eigenvalue weighted by molar-refractivity contribution is -0.384. The number of aromatic nitrogens is 5. The smallest absolute Gasteiger partial charge is 0.269 e. The molecule has 9 heteroatoms. The molecule has 0 aliphatic rings. The molecule has 2 aromatic heterocycles. The van der Waals surface area contributed by atoms with Crippen molar-refractivity contribution in [1.82, 2.24) is 24.5 Å². The normalized spacial score (nSPS) is 10.9. The van der Waals surface area contributed by atoms with Gasteiger partial charge in [0.25, 0.3) is 5.69 Å². The fourth-order valence-electron chi connectivity index (χ4n) is 5.18. The molecule has 0 radical (unpaired) electrons. The summed E-state index contributed by atoms with van der Waals surface area (Å²) in [4.78, 5) is 15.7. The summed E-state index contributed by atoms with van der Waals surface area (Å²) in [5, 5.41) is 19.3. The second-order valence-corrected chi connectivity index (χ2v) is 10.3. The first-order chi connectivity index (χ1) is 22.1. The molecule has 0 bridgehead atoms. The van der Waals surface area contributed by atoms with E-state index in [-0.39, 0.29) is 12.3 Å². The summed E-state index contributed by atoms with van der Waals surface area (Å²) < 4.78 is 9.80. The molecule has 9 nitrogen and oxygen atoms in total. The van der Waals surface area contributed by atoms with Crippen molar-refractivity contribution in [3.63, 3.8) is 0 Å². The van der Waals surface area contributed by atoms with E-state index in [0.717, 1.165) is 39.6 Å². The summed E-state index contributed by atoms with van der Waals surface area (Å²) in [5.41, 5.74) is 7.28. The van der Waals surface area contributed by atoms with Gasteiger partial charge in [0, 0.05) is 34.5 Å². The van der Waals surface area contributed by atoms with Crippen LogP contribution < -0.4 is 4.74 Å². The highest BCUT2D eigenvalue weighted by molar-refractivity contribution is 5.84. The van der Waals surface area contributed by atoms with Crippen LogP contribution in [0.3, 0.4) is 0 Å². The van der Waals surface area contributed by atoms with Crippen molar-refractivity contribution in [2.75, 3.05) is 0 Å². The topological polar surface area (TPSA) is 101 Å². The largest absolute Gasteiger partial charge is 0.487 e. The molecule has 0 fully saturated rings. The highest BCUT2D eigenvalue weighted by atomic mass is 16.6. The summed E-state index contributed by atoms with van der Waals surface area (Å²) in [6.07, 6.45) is 1.74. The monoisotopic (exact) mass is 590 g/mol. The van der Waals surface area contributed by atoms with Crippen LogP contribution >= 0.6 is 0 Å². The van der Waals surface area contributed by atoms with E-state index in [1.165, 1.54) is 12.1 Å². The number of hydrogen-bond acceptors (Lipinski definition) is 6. The van der Waals surface area contributed by atoms with Gasteiger partial charge in [-0.15, -0.1) is 5.10 Å². The third kappa shape index (κ3) is 5.70. The van der Waals surface area contributed by atoms with Gasteiger partial charge >= 0.3 is 0 Å². The molecular weight excluding hydrogens is 564 g/mol. The van der Waals surface area contributed by atoms with Gasteiger partial charge in [0.05, 0.1) is 28.2 Å². The van der Waals surface area contributed by atoms with E-state index in [2.05, 4.69) is 51.3 Å². The highest BCUT2D eigenvalue weighted by Gasteiger charge is 2.22. The zero-order chi connectivity index (χ0) is 30.6. The van der Waals surface area contributed by atoms with Gasteiger partial charge in [-0.2, -0.15) is 0 Å². The molecule has 0 atom stereocenters. The molecule has 7 aromatic rings. The lowest BCUT2D eigenvalue weighted by Crippen LogP contribution is -2.00. The number of non-ortho nitro benzene ring substituents is 1. The summed E-state index contributed by atoms with van der Waals surface area (Å²) in [5.74, 6) is 1.49. The first-order valence-corrected chi connectivity index (χ1v) is 14.3. The van der Waals surface area contributed by atoms with Crippen LogP contribution in [0, 0.1) is 10.1 Å². The van der Waals surface area contributed by atoms with Crippen molar-refractivity contribution >= 4 is 5.69 Å². The Morgan fingerprint density at radius 2 is 1.29 bits per heavy atom. The quantitative estimate of drug-likeness (QED) is 0.125. The molecule has 0 spiro atoms. The Balaban J connectivity index is 1.19. The van der Waals surface area contributed by atoms with E-state index in [9.17, 15) is 10.1 Å². The average Bonchev–Trinajstić information content (AvgIpc) is 3.75. The predicted octanol–water partition coefficient (Wildman–Crippen LogP) is 7.94. The lowest BCUT2D eigenvalue weighted by atomic mass is 10.0.